The third kappa shape index (κ3) is 3.91. The van der Waals surface area contributed by atoms with Crippen molar-refractivity contribution in [2.75, 3.05) is 25.0 Å². The zero-order valence-corrected chi connectivity index (χ0v) is 16.3. The fourth-order valence-corrected chi connectivity index (χ4v) is 3.65. The van der Waals surface area contributed by atoms with Crippen LogP contribution in [0.4, 0.5) is 14.5 Å². The summed E-state index contributed by atoms with van der Waals surface area (Å²) < 4.78 is 26.9. The van der Waals surface area contributed by atoms with Crippen LogP contribution in [-0.2, 0) is 4.79 Å². The van der Waals surface area contributed by atoms with Gasteiger partial charge in [-0.25, -0.2) is 8.78 Å². The standard InChI is InChI=1S/C22H24F2N2O2/c1-14-5-4-6-20(15(14)2)25(3)21(27)16-9-11-26(12-10-16)22(28)18-8-7-17(23)13-19(18)24/h4-8,13,16H,9-12H2,1-3H3. The Kier molecular flexibility index (Phi) is 5.77. The highest BCUT2D eigenvalue weighted by Crippen LogP contribution is 2.27. The summed E-state index contributed by atoms with van der Waals surface area (Å²) in [5.41, 5.74) is 2.94. The van der Waals surface area contributed by atoms with Gasteiger partial charge in [0.2, 0.25) is 5.91 Å². The summed E-state index contributed by atoms with van der Waals surface area (Å²) in [6.07, 6.45) is 1.03. The molecule has 3 rings (SSSR count). The number of hydrogen-bond acceptors (Lipinski definition) is 2. The highest BCUT2D eigenvalue weighted by atomic mass is 19.1. The normalized spacial score (nSPS) is 14.8. The van der Waals surface area contributed by atoms with E-state index in [1.807, 2.05) is 32.0 Å². The molecule has 0 aliphatic carbocycles. The molecule has 28 heavy (non-hydrogen) atoms. The SMILES string of the molecule is Cc1cccc(N(C)C(=O)C2CCN(C(=O)c3ccc(F)cc3F)CC2)c1C. The number of carbonyl (C=O) groups excluding carboxylic acids is 2. The van der Waals surface area contributed by atoms with Gasteiger partial charge in [0.25, 0.3) is 5.91 Å². The molecule has 0 atom stereocenters. The van der Waals surface area contributed by atoms with Crippen molar-refractivity contribution in [1.29, 1.82) is 0 Å². The van der Waals surface area contributed by atoms with Crippen LogP contribution < -0.4 is 4.90 Å². The molecule has 0 spiro atoms. The van der Waals surface area contributed by atoms with Crippen LogP contribution in [0.2, 0.25) is 0 Å². The van der Waals surface area contributed by atoms with E-state index in [1.54, 1.807) is 11.9 Å². The number of amides is 2. The van der Waals surface area contributed by atoms with Crippen molar-refractivity contribution in [3.8, 4) is 0 Å². The zero-order valence-electron chi connectivity index (χ0n) is 16.3. The van der Waals surface area contributed by atoms with Gasteiger partial charge >= 0.3 is 0 Å². The lowest BCUT2D eigenvalue weighted by Crippen LogP contribution is -2.44. The van der Waals surface area contributed by atoms with Crippen LogP contribution in [-0.4, -0.2) is 36.9 Å². The maximum Gasteiger partial charge on any atom is 0.256 e. The van der Waals surface area contributed by atoms with Crippen LogP contribution in [0, 0.1) is 31.4 Å². The fraction of sp³-hybridized carbons (Fsp3) is 0.364. The van der Waals surface area contributed by atoms with Crippen LogP contribution in [0.3, 0.4) is 0 Å². The number of nitrogens with zero attached hydrogens (tertiary/aromatic N) is 2. The first kappa shape index (κ1) is 20.0. The number of halogens is 2. The van der Waals surface area contributed by atoms with E-state index in [1.165, 1.54) is 11.0 Å². The third-order valence-electron chi connectivity index (χ3n) is 5.56. The number of anilines is 1. The Hall–Kier alpha value is -2.76. The molecule has 2 amide bonds. The van der Waals surface area contributed by atoms with E-state index in [9.17, 15) is 18.4 Å². The van der Waals surface area contributed by atoms with Crippen molar-refractivity contribution < 1.29 is 18.4 Å². The Balaban J connectivity index is 1.65. The van der Waals surface area contributed by atoms with E-state index in [0.717, 1.165) is 22.9 Å². The molecule has 0 N–H and O–H groups in total. The van der Waals surface area contributed by atoms with Crippen molar-refractivity contribution >= 4 is 17.5 Å². The van der Waals surface area contributed by atoms with Crippen molar-refractivity contribution in [3.05, 3.63) is 64.7 Å². The number of hydrogen-bond donors (Lipinski definition) is 0. The van der Waals surface area contributed by atoms with Gasteiger partial charge < -0.3 is 9.80 Å². The number of likely N-dealkylation sites (tertiary alicyclic amines) is 1. The minimum absolute atomic E-state index is 0.0220. The number of benzene rings is 2. The highest BCUT2D eigenvalue weighted by Gasteiger charge is 2.31. The molecule has 1 aliphatic heterocycles. The van der Waals surface area contributed by atoms with E-state index in [0.29, 0.717) is 32.0 Å². The van der Waals surface area contributed by atoms with Crippen molar-refractivity contribution in [2.24, 2.45) is 5.92 Å². The molecule has 2 aromatic carbocycles. The topological polar surface area (TPSA) is 40.6 Å². The lowest BCUT2D eigenvalue weighted by atomic mass is 9.94. The third-order valence-corrected chi connectivity index (χ3v) is 5.56. The Morgan fingerprint density at radius 2 is 1.75 bits per heavy atom. The molecule has 0 bridgehead atoms. The number of carbonyl (C=O) groups is 2. The summed E-state index contributed by atoms with van der Waals surface area (Å²) in [6.45, 7) is 4.74. The lowest BCUT2D eigenvalue weighted by molar-refractivity contribution is -0.123. The van der Waals surface area contributed by atoms with Gasteiger partial charge in [-0.1, -0.05) is 12.1 Å². The Bertz CT molecular complexity index is 905. The molecule has 0 saturated carbocycles. The van der Waals surface area contributed by atoms with Gasteiger partial charge in [-0.2, -0.15) is 0 Å². The van der Waals surface area contributed by atoms with Crippen LogP contribution in [0.15, 0.2) is 36.4 Å². The maximum atomic E-state index is 13.9. The second-order valence-electron chi connectivity index (χ2n) is 7.31. The molecular formula is C22H24F2N2O2. The lowest BCUT2D eigenvalue weighted by Gasteiger charge is -2.33. The van der Waals surface area contributed by atoms with Gasteiger partial charge in [0.15, 0.2) is 0 Å². The van der Waals surface area contributed by atoms with Crippen molar-refractivity contribution in [3.63, 3.8) is 0 Å². The van der Waals surface area contributed by atoms with E-state index >= 15 is 0 Å². The number of aryl methyl sites for hydroxylation is 1. The summed E-state index contributed by atoms with van der Waals surface area (Å²) in [6, 6.07) is 8.82. The van der Waals surface area contributed by atoms with Crippen LogP contribution in [0.25, 0.3) is 0 Å². The van der Waals surface area contributed by atoms with Crippen molar-refractivity contribution in [1.82, 2.24) is 4.90 Å². The summed E-state index contributed by atoms with van der Waals surface area (Å²) in [5.74, 6) is -2.21. The number of rotatable bonds is 3. The molecule has 2 aromatic rings. The maximum absolute atomic E-state index is 13.9. The first-order chi connectivity index (χ1) is 13.3. The van der Waals surface area contributed by atoms with Crippen LogP contribution in [0.5, 0.6) is 0 Å². The van der Waals surface area contributed by atoms with Gasteiger partial charge in [-0.15, -0.1) is 0 Å². The number of piperidine rings is 1. The predicted molar refractivity (Wildman–Crippen MR) is 104 cm³/mol. The summed E-state index contributed by atoms with van der Waals surface area (Å²) >= 11 is 0. The molecule has 6 heteroatoms. The average molecular weight is 386 g/mol. The first-order valence-electron chi connectivity index (χ1n) is 9.37. The first-order valence-corrected chi connectivity index (χ1v) is 9.37. The smallest absolute Gasteiger partial charge is 0.256 e. The van der Waals surface area contributed by atoms with Gasteiger partial charge in [0, 0.05) is 37.8 Å². The molecule has 1 aliphatic rings. The molecule has 1 fully saturated rings. The fourth-order valence-electron chi connectivity index (χ4n) is 3.65. The monoisotopic (exact) mass is 386 g/mol. The summed E-state index contributed by atoms with van der Waals surface area (Å²) in [7, 11) is 1.77. The quantitative estimate of drug-likeness (QED) is 0.797. The van der Waals surface area contributed by atoms with E-state index < -0.39 is 17.5 Å². The summed E-state index contributed by atoms with van der Waals surface area (Å²) in [5, 5.41) is 0. The van der Waals surface area contributed by atoms with Gasteiger partial charge in [-0.05, 0) is 56.0 Å². The minimum Gasteiger partial charge on any atom is -0.339 e. The van der Waals surface area contributed by atoms with E-state index in [2.05, 4.69) is 0 Å². The van der Waals surface area contributed by atoms with Crippen LogP contribution in [0.1, 0.15) is 34.3 Å². The molecule has 0 unspecified atom stereocenters. The van der Waals surface area contributed by atoms with Crippen LogP contribution >= 0.6 is 0 Å². The highest BCUT2D eigenvalue weighted by molar-refractivity contribution is 5.96. The van der Waals surface area contributed by atoms with Gasteiger partial charge in [0.1, 0.15) is 11.6 Å². The molecule has 1 heterocycles. The Morgan fingerprint density at radius 1 is 1.07 bits per heavy atom. The van der Waals surface area contributed by atoms with E-state index in [4.69, 9.17) is 0 Å². The summed E-state index contributed by atoms with van der Waals surface area (Å²) in [4.78, 5) is 28.6. The second-order valence-corrected chi connectivity index (χ2v) is 7.31. The van der Waals surface area contributed by atoms with Gasteiger partial charge in [-0.3, -0.25) is 9.59 Å². The molecule has 0 radical (unpaired) electrons. The second kappa shape index (κ2) is 8.09. The molecule has 148 valence electrons. The molecular weight excluding hydrogens is 362 g/mol. The molecule has 0 aromatic heterocycles. The van der Waals surface area contributed by atoms with Crippen molar-refractivity contribution in [2.45, 2.75) is 26.7 Å². The largest absolute Gasteiger partial charge is 0.339 e. The zero-order chi connectivity index (χ0) is 20.4. The Morgan fingerprint density at radius 3 is 2.39 bits per heavy atom. The minimum atomic E-state index is -0.863. The van der Waals surface area contributed by atoms with E-state index in [-0.39, 0.29) is 17.4 Å². The Labute approximate surface area is 163 Å². The molecule has 1 saturated heterocycles. The predicted octanol–water partition coefficient (Wildman–Crippen LogP) is 4.10. The average Bonchev–Trinajstić information content (AvgIpc) is 2.68. The van der Waals surface area contributed by atoms with Gasteiger partial charge in [0.05, 0.1) is 5.56 Å². The molecule has 4 nitrogen and oxygen atoms in total.